The highest BCUT2D eigenvalue weighted by molar-refractivity contribution is 5.94. The Morgan fingerprint density at radius 2 is 2.39 bits per heavy atom. The Bertz CT molecular complexity index is 558. The number of nitrogens with zero attached hydrogens (tertiary/aromatic N) is 2. The normalized spacial score (nSPS) is 26.8. The SMILES string of the molecule is C=CCOC[C@H]1CC[C@H]2[C@@H]1OCCN2C(=O)c1ccc(C)nc1. The smallest absolute Gasteiger partial charge is 0.255 e. The highest BCUT2D eigenvalue weighted by Crippen LogP contribution is 2.35. The van der Waals surface area contributed by atoms with Crippen LogP contribution in [0.4, 0.5) is 0 Å². The van der Waals surface area contributed by atoms with E-state index in [4.69, 9.17) is 9.47 Å². The monoisotopic (exact) mass is 316 g/mol. The highest BCUT2D eigenvalue weighted by atomic mass is 16.5. The first-order chi connectivity index (χ1) is 11.2. The molecule has 1 aliphatic heterocycles. The molecule has 5 nitrogen and oxygen atoms in total. The summed E-state index contributed by atoms with van der Waals surface area (Å²) in [6.07, 6.45) is 5.51. The van der Waals surface area contributed by atoms with Crippen molar-refractivity contribution in [3.8, 4) is 0 Å². The molecule has 1 aromatic rings. The summed E-state index contributed by atoms with van der Waals surface area (Å²) in [4.78, 5) is 19.0. The zero-order valence-corrected chi connectivity index (χ0v) is 13.6. The van der Waals surface area contributed by atoms with Gasteiger partial charge >= 0.3 is 0 Å². The van der Waals surface area contributed by atoms with Crippen LogP contribution in [-0.2, 0) is 9.47 Å². The first-order valence-corrected chi connectivity index (χ1v) is 8.24. The molecule has 1 amide bonds. The fourth-order valence-electron chi connectivity index (χ4n) is 3.55. The molecule has 124 valence electrons. The minimum atomic E-state index is 0.0588. The van der Waals surface area contributed by atoms with Crippen molar-refractivity contribution < 1.29 is 14.3 Å². The van der Waals surface area contributed by atoms with Gasteiger partial charge in [-0.2, -0.15) is 0 Å². The summed E-state index contributed by atoms with van der Waals surface area (Å²) < 4.78 is 11.6. The second-order valence-electron chi connectivity index (χ2n) is 6.25. The van der Waals surface area contributed by atoms with Crippen molar-refractivity contribution in [2.75, 3.05) is 26.4 Å². The van der Waals surface area contributed by atoms with Gasteiger partial charge in [0, 0.05) is 24.4 Å². The van der Waals surface area contributed by atoms with E-state index >= 15 is 0 Å². The van der Waals surface area contributed by atoms with Gasteiger partial charge in [0.2, 0.25) is 0 Å². The number of hydrogen-bond donors (Lipinski definition) is 0. The fourth-order valence-corrected chi connectivity index (χ4v) is 3.55. The lowest BCUT2D eigenvalue weighted by Crippen LogP contribution is -2.53. The molecule has 0 spiro atoms. The number of pyridine rings is 1. The van der Waals surface area contributed by atoms with E-state index < -0.39 is 0 Å². The number of fused-ring (bicyclic) bond motifs is 1. The lowest BCUT2D eigenvalue weighted by Gasteiger charge is -2.39. The number of morpholine rings is 1. The number of ether oxygens (including phenoxy) is 2. The fraction of sp³-hybridized carbons (Fsp3) is 0.556. The molecule has 3 atom stereocenters. The molecule has 23 heavy (non-hydrogen) atoms. The third-order valence-corrected chi connectivity index (χ3v) is 4.71. The van der Waals surface area contributed by atoms with E-state index in [0.29, 0.717) is 37.8 Å². The molecule has 1 aliphatic carbocycles. The molecule has 3 rings (SSSR count). The van der Waals surface area contributed by atoms with Crippen LogP contribution in [-0.4, -0.2) is 54.3 Å². The minimum absolute atomic E-state index is 0.0588. The quantitative estimate of drug-likeness (QED) is 0.617. The maximum Gasteiger partial charge on any atom is 0.255 e. The first-order valence-electron chi connectivity index (χ1n) is 8.24. The number of amides is 1. The molecular weight excluding hydrogens is 292 g/mol. The second-order valence-corrected chi connectivity index (χ2v) is 6.25. The second kappa shape index (κ2) is 7.23. The van der Waals surface area contributed by atoms with Crippen molar-refractivity contribution in [1.82, 2.24) is 9.88 Å². The maximum atomic E-state index is 12.8. The summed E-state index contributed by atoms with van der Waals surface area (Å²) in [5.74, 6) is 0.412. The van der Waals surface area contributed by atoms with Gasteiger partial charge in [-0.25, -0.2) is 0 Å². The van der Waals surface area contributed by atoms with Crippen LogP contribution in [0.25, 0.3) is 0 Å². The summed E-state index contributed by atoms with van der Waals surface area (Å²) >= 11 is 0. The zero-order valence-electron chi connectivity index (χ0n) is 13.6. The van der Waals surface area contributed by atoms with Gasteiger partial charge in [0.1, 0.15) is 0 Å². The molecule has 1 aromatic heterocycles. The number of carbonyl (C=O) groups is 1. The summed E-state index contributed by atoms with van der Waals surface area (Å²) in [6.45, 7) is 8.05. The van der Waals surface area contributed by atoms with Gasteiger partial charge in [-0.05, 0) is 31.9 Å². The summed E-state index contributed by atoms with van der Waals surface area (Å²) in [6, 6.07) is 3.88. The number of aromatic nitrogens is 1. The molecule has 1 saturated heterocycles. The Labute approximate surface area is 137 Å². The van der Waals surface area contributed by atoms with E-state index in [2.05, 4.69) is 11.6 Å². The van der Waals surface area contributed by atoms with Crippen LogP contribution in [0.2, 0.25) is 0 Å². The molecule has 2 aliphatic rings. The van der Waals surface area contributed by atoms with E-state index in [9.17, 15) is 4.79 Å². The molecule has 2 fully saturated rings. The average Bonchev–Trinajstić information content (AvgIpc) is 2.98. The van der Waals surface area contributed by atoms with Crippen LogP contribution in [0.1, 0.15) is 28.9 Å². The molecular formula is C18H24N2O3. The van der Waals surface area contributed by atoms with Crippen LogP contribution in [0.15, 0.2) is 31.0 Å². The van der Waals surface area contributed by atoms with Crippen LogP contribution in [0.3, 0.4) is 0 Å². The first kappa shape index (κ1) is 16.1. The van der Waals surface area contributed by atoms with Crippen LogP contribution in [0, 0.1) is 12.8 Å². The van der Waals surface area contributed by atoms with E-state index in [1.54, 1.807) is 12.3 Å². The van der Waals surface area contributed by atoms with Crippen LogP contribution in [0.5, 0.6) is 0 Å². The standard InChI is InChI=1S/C18H24N2O3/c1-3-9-22-12-15-6-7-16-17(15)23-10-8-20(16)18(21)14-5-4-13(2)19-11-14/h3-5,11,15-17H,1,6-10,12H2,2H3/t15-,16+,17-/m1/s1. The average molecular weight is 316 g/mol. The van der Waals surface area contributed by atoms with E-state index in [1.165, 1.54) is 0 Å². The van der Waals surface area contributed by atoms with Crippen molar-refractivity contribution in [3.63, 3.8) is 0 Å². The minimum Gasteiger partial charge on any atom is -0.377 e. The van der Waals surface area contributed by atoms with Gasteiger partial charge in [0.05, 0.1) is 37.5 Å². The summed E-state index contributed by atoms with van der Waals surface area (Å²) in [5, 5.41) is 0. The van der Waals surface area contributed by atoms with Gasteiger partial charge in [-0.3, -0.25) is 9.78 Å². The molecule has 0 radical (unpaired) electrons. The number of hydrogen-bond acceptors (Lipinski definition) is 4. The van der Waals surface area contributed by atoms with Crippen molar-refractivity contribution in [2.24, 2.45) is 5.92 Å². The molecule has 2 heterocycles. The topological polar surface area (TPSA) is 51.7 Å². The van der Waals surface area contributed by atoms with Crippen molar-refractivity contribution in [3.05, 3.63) is 42.2 Å². The predicted octanol–water partition coefficient (Wildman–Crippen LogP) is 2.21. The van der Waals surface area contributed by atoms with Crippen LogP contribution >= 0.6 is 0 Å². The molecule has 5 heteroatoms. The van der Waals surface area contributed by atoms with Crippen molar-refractivity contribution in [1.29, 1.82) is 0 Å². The summed E-state index contributed by atoms with van der Waals surface area (Å²) in [5.41, 5.74) is 1.57. The van der Waals surface area contributed by atoms with Gasteiger partial charge in [0.15, 0.2) is 0 Å². The largest absolute Gasteiger partial charge is 0.377 e. The Balaban J connectivity index is 1.68. The van der Waals surface area contributed by atoms with Gasteiger partial charge in [-0.1, -0.05) is 6.08 Å². The lowest BCUT2D eigenvalue weighted by atomic mass is 10.0. The molecule has 1 saturated carbocycles. The predicted molar refractivity (Wildman–Crippen MR) is 87.3 cm³/mol. The Morgan fingerprint density at radius 3 is 3.13 bits per heavy atom. The van der Waals surface area contributed by atoms with Gasteiger partial charge in [-0.15, -0.1) is 6.58 Å². The molecule has 0 unspecified atom stereocenters. The third kappa shape index (κ3) is 3.46. The Morgan fingerprint density at radius 1 is 1.52 bits per heavy atom. The Kier molecular flexibility index (Phi) is 5.08. The van der Waals surface area contributed by atoms with Gasteiger partial charge in [0.25, 0.3) is 5.91 Å². The maximum absolute atomic E-state index is 12.8. The zero-order chi connectivity index (χ0) is 16.2. The number of aryl methyl sites for hydroxylation is 1. The van der Waals surface area contributed by atoms with Crippen molar-refractivity contribution >= 4 is 5.91 Å². The molecule has 0 bridgehead atoms. The third-order valence-electron chi connectivity index (χ3n) is 4.71. The van der Waals surface area contributed by atoms with Crippen LogP contribution < -0.4 is 0 Å². The van der Waals surface area contributed by atoms with Gasteiger partial charge < -0.3 is 14.4 Å². The summed E-state index contributed by atoms with van der Waals surface area (Å²) in [7, 11) is 0. The van der Waals surface area contributed by atoms with E-state index in [0.717, 1.165) is 18.5 Å². The Hall–Kier alpha value is -1.72. The lowest BCUT2D eigenvalue weighted by molar-refractivity contribution is -0.0738. The number of carbonyl (C=O) groups excluding carboxylic acids is 1. The van der Waals surface area contributed by atoms with E-state index in [1.807, 2.05) is 24.0 Å². The van der Waals surface area contributed by atoms with Crippen molar-refractivity contribution in [2.45, 2.75) is 31.9 Å². The number of rotatable bonds is 5. The molecule has 0 aromatic carbocycles. The van der Waals surface area contributed by atoms with E-state index in [-0.39, 0.29) is 18.1 Å². The highest BCUT2D eigenvalue weighted by Gasteiger charge is 2.44. The molecule has 0 N–H and O–H groups in total.